The minimum atomic E-state index is -0.101. The van der Waals surface area contributed by atoms with Crippen LogP contribution in [0, 0.1) is 13.8 Å². The van der Waals surface area contributed by atoms with Gasteiger partial charge in [-0.2, -0.15) is 4.98 Å². The molecule has 3 aromatic rings. The summed E-state index contributed by atoms with van der Waals surface area (Å²) in [4.78, 5) is 21.4. The van der Waals surface area contributed by atoms with Crippen molar-refractivity contribution in [3.05, 3.63) is 47.0 Å². The maximum absolute atomic E-state index is 12.5. The van der Waals surface area contributed by atoms with E-state index in [1.54, 1.807) is 11.6 Å². The Morgan fingerprint density at radius 3 is 2.58 bits per heavy atom. The van der Waals surface area contributed by atoms with Crippen LogP contribution in [-0.2, 0) is 17.6 Å². The van der Waals surface area contributed by atoms with Crippen molar-refractivity contribution in [1.29, 1.82) is 0 Å². The third-order valence-corrected chi connectivity index (χ3v) is 4.28. The number of benzene rings is 1. The number of ether oxygens (including phenoxy) is 1. The zero-order valence-corrected chi connectivity index (χ0v) is 15.5. The number of anilines is 1. The maximum Gasteiger partial charge on any atom is 0.252 e. The Morgan fingerprint density at radius 1 is 1.19 bits per heavy atom. The van der Waals surface area contributed by atoms with Crippen molar-refractivity contribution in [3.63, 3.8) is 0 Å². The largest absolute Gasteiger partial charge is 0.497 e. The Hall–Kier alpha value is -2.96. The Morgan fingerprint density at radius 2 is 1.92 bits per heavy atom. The Balaban J connectivity index is 1.81. The van der Waals surface area contributed by atoms with Gasteiger partial charge >= 0.3 is 0 Å². The fourth-order valence-electron chi connectivity index (χ4n) is 2.88. The average molecular weight is 353 g/mol. The van der Waals surface area contributed by atoms with Gasteiger partial charge in [-0.05, 0) is 44.5 Å². The minimum Gasteiger partial charge on any atom is -0.497 e. The number of fused-ring (bicyclic) bond motifs is 1. The van der Waals surface area contributed by atoms with Crippen LogP contribution < -0.4 is 10.1 Å². The second kappa shape index (κ2) is 7.51. The lowest BCUT2D eigenvalue weighted by molar-refractivity contribution is -0.115. The van der Waals surface area contributed by atoms with E-state index < -0.39 is 0 Å². The molecule has 0 spiro atoms. The van der Waals surface area contributed by atoms with Crippen molar-refractivity contribution in [2.24, 2.45) is 0 Å². The first-order valence-corrected chi connectivity index (χ1v) is 8.67. The van der Waals surface area contributed by atoms with E-state index in [1.165, 1.54) is 0 Å². The zero-order valence-electron chi connectivity index (χ0n) is 15.5. The van der Waals surface area contributed by atoms with E-state index in [1.807, 2.05) is 38.1 Å². The van der Waals surface area contributed by atoms with E-state index in [9.17, 15) is 4.79 Å². The number of aryl methyl sites for hydroxylation is 3. The van der Waals surface area contributed by atoms with Crippen LogP contribution in [0.3, 0.4) is 0 Å². The van der Waals surface area contributed by atoms with Gasteiger partial charge in [0.1, 0.15) is 5.75 Å². The van der Waals surface area contributed by atoms with Gasteiger partial charge in [-0.3, -0.25) is 4.79 Å². The highest BCUT2D eigenvalue weighted by molar-refractivity contribution is 5.92. The maximum atomic E-state index is 12.5. The van der Waals surface area contributed by atoms with Gasteiger partial charge in [0.05, 0.1) is 13.5 Å². The van der Waals surface area contributed by atoms with E-state index in [-0.39, 0.29) is 12.3 Å². The molecule has 26 heavy (non-hydrogen) atoms. The number of hydrogen-bond acceptors (Lipinski definition) is 5. The molecule has 0 aliphatic rings. The van der Waals surface area contributed by atoms with Crippen molar-refractivity contribution in [2.75, 3.05) is 12.4 Å². The SMILES string of the molecule is CCCc1nc2nc(C)c(CC(=O)Nc3ccc(OC)cc3)c(C)n2n1. The van der Waals surface area contributed by atoms with Gasteiger partial charge in [0.2, 0.25) is 5.91 Å². The van der Waals surface area contributed by atoms with Gasteiger partial charge in [0.15, 0.2) is 5.82 Å². The molecule has 2 heterocycles. The normalized spacial score (nSPS) is 10.9. The third kappa shape index (κ3) is 3.66. The Labute approximate surface area is 152 Å². The van der Waals surface area contributed by atoms with Crippen molar-refractivity contribution in [2.45, 2.75) is 40.0 Å². The van der Waals surface area contributed by atoms with Gasteiger partial charge in [-0.15, -0.1) is 5.10 Å². The van der Waals surface area contributed by atoms with E-state index in [2.05, 4.69) is 27.3 Å². The summed E-state index contributed by atoms with van der Waals surface area (Å²) in [6.07, 6.45) is 2.02. The number of rotatable bonds is 6. The number of nitrogens with zero attached hydrogens (tertiary/aromatic N) is 4. The van der Waals surface area contributed by atoms with Crippen LogP contribution in [0.5, 0.6) is 5.75 Å². The number of carbonyl (C=O) groups is 1. The summed E-state index contributed by atoms with van der Waals surface area (Å²) in [5.41, 5.74) is 3.30. The first-order valence-electron chi connectivity index (χ1n) is 8.67. The molecule has 7 heteroatoms. The molecule has 0 atom stereocenters. The van der Waals surface area contributed by atoms with E-state index >= 15 is 0 Å². The van der Waals surface area contributed by atoms with Crippen LogP contribution in [0.1, 0.15) is 36.1 Å². The van der Waals surface area contributed by atoms with Gasteiger partial charge in [0, 0.05) is 29.1 Å². The molecule has 0 bridgehead atoms. The molecule has 0 unspecified atom stereocenters. The first kappa shape index (κ1) is 17.8. The summed E-state index contributed by atoms with van der Waals surface area (Å²) < 4.78 is 6.85. The van der Waals surface area contributed by atoms with Gasteiger partial charge in [-0.1, -0.05) is 6.92 Å². The van der Waals surface area contributed by atoms with Crippen molar-refractivity contribution in [3.8, 4) is 5.75 Å². The number of carbonyl (C=O) groups excluding carboxylic acids is 1. The number of amides is 1. The Kier molecular flexibility index (Phi) is 5.16. The van der Waals surface area contributed by atoms with Crippen LogP contribution in [0.2, 0.25) is 0 Å². The molecule has 0 fully saturated rings. The minimum absolute atomic E-state index is 0.101. The predicted octanol–water partition coefficient (Wildman–Crippen LogP) is 2.88. The number of hydrogen-bond donors (Lipinski definition) is 1. The molecule has 0 radical (unpaired) electrons. The standard InChI is InChI=1S/C19H23N5O2/c1-5-6-17-22-19-20-12(2)16(13(3)24(19)23-17)11-18(25)21-14-7-9-15(26-4)10-8-14/h7-10H,5-6,11H2,1-4H3,(H,21,25). The Bertz CT molecular complexity index is 931. The molecule has 7 nitrogen and oxygen atoms in total. The second-order valence-corrected chi connectivity index (χ2v) is 6.20. The summed E-state index contributed by atoms with van der Waals surface area (Å²) in [5.74, 6) is 2.01. The smallest absolute Gasteiger partial charge is 0.252 e. The fraction of sp³-hybridized carbons (Fsp3) is 0.368. The summed E-state index contributed by atoms with van der Waals surface area (Å²) in [5, 5.41) is 7.41. The third-order valence-electron chi connectivity index (χ3n) is 4.28. The second-order valence-electron chi connectivity index (χ2n) is 6.20. The molecular weight excluding hydrogens is 330 g/mol. The predicted molar refractivity (Wildman–Crippen MR) is 99.6 cm³/mol. The highest BCUT2D eigenvalue weighted by Gasteiger charge is 2.16. The number of nitrogens with one attached hydrogen (secondary N) is 1. The molecule has 1 N–H and O–H groups in total. The molecule has 0 saturated carbocycles. The molecule has 1 amide bonds. The molecule has 0 aliphatic heterocycles. The highest BCUT2D eigenvalue weighted by Crippen LogP contribution is 2.18. The van der Waals surface area contributed by atoms with E-state index in [0.29, 0.717) is 5.78 Å². The molecule has 0 saturated heterocycles. The lowest BCUT2D eigenvalue weighted by Crippen LogP contribution is -2.17. The average Bonchev–Trinajstić information content (AvgIpc) is 3.02. The van der Waals surface area contributed by atoms with Crippen molar-refractivity contribution >= 4 is 17.4 Å². The van der Waals surface area contributed by atoms with Gasteiger partial charge in [0.25, 0.3) is 5.78 Å². The number of aromatic nitrogens is 4. The van der Waals surface area contributed by atoms with Crippen molar-refractivity contribution < 1.29 is 9.53 Å². The molecule has 0 aliphatic carbocycles. The van der Waals surface area contributed by atoms with Crippen molar-refractivity contribution in [1.82, 2.24) is 19.6 Å². The fourth-order valence-corrected chi connectivity index (χ4v) is 2.88. The van der Waals surface area contributed by atoms with Crippen LogP contribution in [0.25, 0.3) is 5.78 Å². The summed E-state index contributed by atoms with van der Waals surface area (Å²) in [7, 11) is 1.61. The molecule has 1 aromatic carbocycles. The molecule has 3 rings (SSSR count). The highest BCUT2D eigenvalue weighted by atomic mass is 16.5. The number of methoxy groups -OCH3 is 1. The molecule has 136 valence electrons. The van der Waals surface area contributed by atoms with Gasteiger partial charge in [-0.25, -0.2) is 9.50 Å². The van der Waals surface area contributed by atoms with E-state index in [4.69, 9.17) is 4.74 Å². The van der Waals surface area contributed by atoms with E-state index in [0.717, 1.165) is 47.1 Å². The van der Waals surface area contributed by atoms with Crippen LogP contribution in [-0.4, -0.2) is 32.6 Å². The summed E-state index contributed by atoms with van der Waals surface area (Å²) in [6, 6.07) is 7.24. The lowest BCUT2D eigenvalue weighted by Gasteiger charge is -2.11. The van der Waals surface area contributed by atoms with Crippen LogP contribution in [0.15, 0.2) is 24.3 Å². The summed E-state index contributed by atoms with van der Waals surface area (Å²) >= 11 is 0. The zero-order chi connectivity index (χ0) is 18.7. The molecule has 2 aromatic heterocycles. The van der Waals surface area contributed by atoms with Crippen LogP contribution in [0.4, 0.5) is 5.69 Å². The quantitative estimate of drug-likeness (QED) is 0.737. The molecular formula is C19H23N5O2. The van der Waals surface area contributed by atoms with Gasteiger partial charge < -0.3 is 10.1 Å². The lowest BCUT2D eigenvalue weighted by atomic mass is 10.1. The summed E-state index contributed by atoms with van der Waals surface area (Å²) in [6.45, 7) is 5.94. The first-order chi connectivity index (χ1) is 12.5. The van der Waals surface area contributed by atoms with Crippen LogP contribution >= 0.6 is 0 Å². The monoisotopic (exact) mass is 353 g/mol. The topological polar surface area (TPSA) is 81.4 Å².